The summed E-state index contributed by atoms with van der Waals surface area (Å²) >= 11 is 1.88. The fourth-order valence-corrected chi connectivity index (χ4v) is 10.4. The maximum absolute atomic E-state index is 2.48. The number of para-hydroxylation sites is 2. The first-order chi connectivity index (χ1) is 29.1. The number of anilines is 3. The minimum absolute atomic E-state index is 1.13. The van der Waals surface area contributed by atoms with Gasteiger partial charge >= 0.3 is 0 Å². The van der Waals surface area contributed by atoms with Gasteiger partial charge in [0.1, 0.15) is 0 Å². The van der Waals surface area contributed by atoms with Gasteiger partial charge in [0.15, 0.2) is 0 Å². The second kappa shape index (κ2) is 14.3. The Kier molecular flexibility index (Phi) is 8.49. The second-order valence-electron chi connectivity index (χ2n) is 15.4. The summed E-state index contributed by atoms with van der Waals surface area (Å²) in [6, 6.07) is 75.5. The first-order valence-corrected chi connectivity index (χ1v) is 21.1. The lowest BCUT2D eigenvalue weighted by molar-refractivity contribution is 1.18. The summed E-state index contributed by atoms with van der Waals surface area (Å²) in [5.74, 6) is 0. The molecular formula is C56H40N2S. The summed E-state index contributed by atoms with van der Waals surface area (Å²) in [5.41, 5.74) is 16.8. The molecular weight excluding hydrogens is 733 g/mol. The van der Waals surface area contributed by atoms with Crippen molar-refractivity contribution in [1.82, 2.24) is 4.57 Å². The molecule has 9 aromatic carbocycles. The van der Waals surface area contributed by atoms with Crippen LogP contribution in [0.15, 0.2) is 206 Å². The lowest BCUT2D eigenvalue weighted by Crippen LogP contribution is -2.11. The number of aromatic nitrogens is 1. The minimum Gasteiger partial charge on any atom is -0.310 e. The van der Waals surface area contributed by atoms with Gasteiger partial charge in [-0.15, -0.1) is 11.3 Å². The van der Waals surface area contributed by atoms with Gasteiger partial charge in [-0.25, -0.2) is 0 Å². The molecule has 0 saturated heterocycles. The van der Waals surface area contributed by atoms with Crippen LogP contribution in [0.4, 0.5) is 17.1 Å². The van der Waals surface area contributed by atoms with Crippen LogP contribution in [0.3, 0.4) is 0 Å². The smallest absolute Gasteiger partial charge is 0.0555 e. The van der Waals surface area contributed by atoms with Crippen molar-refractivity contribution in [3.05, 3.63) is 217 Å². The molecule has 0 spiro atoms. The Bertz CT molecular complexity index is 3280. The highest BCUT2D eigenvalue weighted by molar-refractivity contribution is 7.26. The Hall–Kier alpha value is -7.20. The average molecular weight is 773 g/mol. The van der Waals surface area contributed by atoms with Gasteiger partial charge in [0.2, 0.25) is 0 Å². The Balaban J connectivity index is 1.12. The highest BCUT2D eigenvalue weighted by atomic mass is 32.1. The van der Waals surface area contributed by atoms with E-state index in [9.17, 15) is 0 Å². The van der Waals surface area contributed by atoms with E-state index in [1.54, 1.807) is 0 Å². The fraction of sp³-hybridized carbons (Fsp3) is 0.0357. The lowest BCUT2D eigenvalue weighted by Gasteiger charge is -2.29. The van der Waals surface area contributed by atoms with E-state index in [1.165, 1.54) is 92.2 Å². The lowest BCUT2D eigenvalue weighted by atomic mass is 9.90. The summed E-state index contributed by atoms with van der Waals surface area (Å²) in [6.07, 6.45) is 0. The van der Waals surface area contributed by atoms with E-state index in [2.05, 4.69) is 230 Å². The Morgan fingerprint density at radius 3 is 1.75 bits per heavy atom. The summed E-state index contributed by atoms with van der Waals surface area (Å²) in [7, 11) is 0. The molecule has 0 amide bonds. The first kappa shape index (κ1) is 35.0. The standard InChI is InChI=1S/C56H40N2S/c1-37-16-15-21-43(34-37)57(44-35-38(2)54(41-19-7-4-8-20-41)49(36-44)39-17-5-3-6-18-39)52-33-32-45(56-55(52)48-24-11-14-27-53(48)59-56)40-28-30-42(31-29-40)58-50-25-12-9-22-46(50)47-23-10-13-26-51(47)58/h3-36H,1-2H3. The van der Waals surface area contributed by atoms with Crippen LogP contribution < -0.4 is 4.90 Å². The van der Waals surface area contributed by atoms with E-state index in [0.717, 1.165) is 17.1 Å². The summed E-state index contributed by atoms with van der Waals surface area (Å²) < 4.78 is 4.95. The topological polar surface area (TPSA) is 8.17 Å². The number of hydrogen-bond donors (Lipinski definition) is 0. The molecule has 0 aliphatic rings. The van der Waals surface area contributed by atoms with Crippen LogP contribution in [0.1, 0.15) is 11.1 Å². The third-order valence-electron chi connectivity index (χ3n) is 11.7. The van der Waals surface area contributed by atoms with Crippen LogP contribution >= 0.6 is 11.3 Å². The van der Waals surface area contributed by atoms with E-state index < -0.39 is 0 Å². The van der Waals surface area contributed by atoms with Crippen LogP contribution in [0.5, 0.6) is 0 Å². The van der Waals surface area contributed by atoms with E-state index in [-0.39, 0.29) is 0 Å². The third kappa shape index (κ3) is 5.93. The van der Waals surface area contributed by atoms with E-state index in [4.69, 9.17) is 0 Å². The zero-order chi connectivity index (χ0) is 39.5. The van der Waals surface area contributed by atoms with Gasteiger partial charge in [-0.1, -0.05) is 146 Å². The van der Waals surface area contributed by atoms with Gasteiger partial charge in [0.25, 0.3) is 0 Å². The SMILES string of the molecule is Cc1cccc(N(c2cc(C)c(-c3ccccc3)c(-c3ccccc3)c2)c2ccc(-c3ccc(-n4c5ccccc5c5ccccc54)cc3)c3sc4ccccc4c23)c1. The van der Waals surface area contributed by atoms with Gasteiger partial charge in [-0.05, 0) is 119 Å². The van der Waals surface area contributed by atoms with Crippen LogP contribution in [-0.4, -0.2) is 4.57 Å². The van der Waals surface area contributed by atoms with Crippen molar-refractivity contribution < 1.29 is 0 Å². The van der Waals surface area contributed by atoms with Crippen LogP contribution in [-0.2, 0) is 0 Å². The molecule has 0 fully saturated rings. The number of nitrogens with zero attached hydrogens (tertiary/aromatic N) is 2. The number of fused-ring (bicyclic) bond motifs is 6. The Morgan fingerprint density at radius 2 is 1.05 bits per heavy atom. The quantitative estimate of drug-likeness (QED) is 0.157. The van der Waals surface area contributed by atoms with Crippen molar-refractivity contribution >= 4 is 70.4 Å². The molecule has 0 N–H and O–H groups in total. The number of thiophene rings is 1. The number of aryl methyl sites for hydroxylation is 2. The van der Waals surface area contributed by atoms with Gasteiger partial charge in [0, 0.05) is 48.0 Å². The molecule has 11 aromatic rings. The maximum atomic E-state index is 2.48. The molecule has 3 heteroatoms. The Morgan fingerprint density at radius 1 is 0.441 bits per heavy atom. The van der Waals surface area contributed by atoms with Gasteiger partial charge < -0.3 is 9.47 Å². The van der Waals surface area contributed by atoms with Gasteiger partial charge in [-0.2, -0.15) is 0 Å². The summed E-state index contributed by atoms with van der Waals surface area (Å²) in [5, 5.41) is 5.08. The molecule has 280 valence electrons. The zero-order valence-corrected chi connectivity index (χ0v) is 33.7. The molecule has 0 saturated carbocycles. The fourth-order valence-electron chi connectivity index (χ4n) is 9.14. The van der Waals surface area contributed by atoms with Crippen molar-refractivity contribution in [2.24, 2.45) is 0 Å². The van der Waals surface area contributed by atoms with Crippen molar-refractivity contribution in [2.45, 2.75) is 13.8 Å². The van der Waals surface area contributed by atoms with E-state index >= 15 is 0 Å². The second-order valence-corrected chi connectivity index (χ2v) is 16.5. The molecule has 0 bridgehead atoms. The molecule has 0 atom stereocenters. The van der Waals surface area contributed by atoms with Crippen LogP contribution in [0.2, 0.25) is 0 Å². The molecule has 59 heavy (non-hydrogen) atoms. The molecule has 0 aliphatic heterocycles. The number of rotatable bonds is 7. The van der Waals surface area contributed by atoms with E-state index in [0.29, 0.717) is 0 Å². The molecule has 0 aliphatic carbocycles. The minimum atomic E-state index is 1.13. The van der Waals surface area contributed by atoms with Gasteiger partial charge in [0.05, 0.1) is 16.7 Å². The third-order valence-corrected chi connectivity index (χ3v) is 13.0. The monoisotopic (exact) mass is 772 g/mol. The molecule has 2 heterocycles. The van der Waals surface area contributed by atoms with Crippen molar-refractivity contribution in [1.29, 1.82) is 0 Å². The summed E-state index contributed by atoms with van der Waals surface area (Å²) in [6.45, 7) is 4.44. The van der Waals surface area contributed by atoms with Crippen molar-refractivity contribution in [2.75, 3.05) is 4.90 Å². The average Bonchev–Trinajstić information content (AvgIpc) is 3.84. The first-order valence-electron chi connectivity index (χ1n) is 20.3. The molecule has 2 aromatic heterocycles. The normalized spacial score (nSPS) is 11.6. The summed E-state index contributed by atoms with van der Waals surface area (Å²) in [4.78, 5) is 2.48. The predicted molar refractivity (Wildman–Crippen MR) is 254 cm³/mol. The highest BCUT2D eigenvalue weighted by Gasteiger charge is 2.23. The van der Waals surface area contributed by atoms with Crippen LogP contribution in [0, 0.1) is 13.8 Å². The zero-order valence-electron chi connectivity index (χ0n) is 32.9. The van der Waals surface area contributed by atoms with Crippen molar-refractivity contribution in [3.63, 3.8) is 0 Å². The van der Waals surface area contributed by atoms with Gasteiger partial charge in [-0.3, -0.25) is 0 Å². The maximum Gasteiger partial charge on any atom is 0.0555 e. The Labute approximate surface area is 348 Å². The predicted octanol–water partition coefficient (Wildman–Crippen LogP) is 16.2. The largest absolute Gasteiger partial charge is 0.310 e. The highest BCUT2D eigenvalue weighted by Crippen LogP contribution is 2.50. The van der Waals surface area contributed by atoms with Crippen LogP contribution in [0.25, 0.3) is 81.0 Å². The molecule has 0 unspecified atom stereocenters. The number of benzene rings is 9. The van der Waals surface area contributed by atoms with Crippen molar-refractivity contribution in [3.8, 4) is 39.1 Å². The molecule has 2 nitrogen and oxygen atoms in total. The van der Waals surface area contributed by atoms with E-state index in [1.807, 2.05) is 11.3 Å². The molecule has 0 radical (unpaired) electrons. The molecule has 11 rings (SSSR count). The number of hydrogen-bond acceptors (Lipinski definition) is 2.